The van der Waals surface area contributed by atoms with Gasteiger partial charge in [0.1, 0.15) is 10.6 Å². The second-order valence-corrected chi connectivity index (χ2v) is 7.89. The largest absolute Gasteiger partial charge is 0.462 e. The van der Waals surface area contributed by atoms with Crippen molar-refractivity contribution in [1.29, 1.82) is 0 Å². The summed E-state index contributed by atoms with van der Waals surface area (Å²) in [5.74, 6) is -1.71. The maximum Gasteiger partial charge on any atom is 0.341 e. The number of nitrogens with one attached hydrogen (secondary N) is 1. The summed E-state index contributed by atoms with van der Waals surface area (Å²) in [6.07, 6.45) is 0. The molecule has 0 saturated carbocycles. The number of aryl methyl sites for hydroxylation is 1. The third kappa shape index (κ3) is 5.71. The fourth-order valence-corrected chi connectivity index (χ4v) is 3.95. The number of benzene rings is 2. The van der Waals surface area contributed by atoms with Gasteiger partial charge in [-0.3, -0.25) is 4.79 Å². The van der Waals surface area contributed by atoms with E-state index in [0.717, 1.165) is 11.1 Å². The first kappa shape index (κ1) is 22.5. The number of hydrogen-bond donors (Lipinski definition) is 1. The lowest BCUT2D eigenvalue weighted by Crippen LogP contribution is -2.21. The van der Waals surface area contributed by atoms with Crippen LogP contribution in [0.5, 0.6) is 0 Å². The standard InChI is InChI=1S/C23H20ClNO5S/c1-3-29-23(28)20-18(15-7-9-17(24)10-8-15)13-31-21(20)25-19(26)12-30-22(27)16-6-4-5-14(2)11-16/h4-11,13H,3,12H2,1-2H3,(H,25,26). The highest BCUT2D eigenvalue weighted by molar-refractivity contribution is 7.15. The van der Waals surface area contributed by atoms with Crippen LogP contribution >= 0.6 is 22.9 Å². The minimum atomic E-state index is -0.600. The van der Waals surface area contributed by atoms with Gasteiger partial charge in [0, 0.05) is 16.0 Å². The zero-order valence-corrected chi connectivity index (χ0v) is 18.5. The molecule has 0 radical (unpaired) electrons. The Labute approximate surface area is 188 Å². The first-order chi connectivity index (χ1) is 14.9. The summed E-state index contributed by atoms with van der Waals surface area (Å²) >= 11 is 7.14. The minimum absolute atomic E-state index is 0.191. The van der Waals surface area contributed by atoms with Crippen molar-refractivity contribution >= 4 is 45.8 Å². The van der Waals surface area contributed by atoms with E-state index in [9.17, 15) is 14.4 Å². The summed E-state index contributed by atoms with van der Waals surface area (Å²) in [6, 6.07) is 13.9. The molecule has 0 spiro atoms. The van der Waals surface area contributed by atoms with Gasteiger partial charge in [-0.15, -0.1) is 11.3 Å². The fourth-order valence-electron chi connectivity index (χ4n) is 2.85. The second-order valence-electron chi connectivity index (χ2n) is 6.57. The maximum absolute atomic E-state index is 12.6. The lowest BCUT2D eigenvalue weighted by molar-refractivity contribution is -0.119. The topological polar surface area (TPSA) is 81.7 Å². The smallest absolute Gasteiger partial charge is 0.341 e. The first-order valence-corrected chi connectivity index (χ1v) is 10.7. The van der Waals surface area contributed by atoms with Crippen LogP contribution in [0.2, 0.25) is 5.02 Å². The predicted octanol–water partition coefficient (Wildman–Crippen LogP) is 5.35. The Hall–Kier alpha value is -3.16. The Bertz CT molecular complexity index is 1110. The summed E-state index contributed by atoms with van der Waals surface area (Å²) in [6.45, 7) is 3.27. The predicted molar refractivity (Wildman–Crippen MR) is 121 cm³/mol. The van der Waals surface area contributed by atoms with Crippen molar-refractivity contribution in [3.63, 3.8) is 0 Å². The van der Waals surface area contributed by atoms with E-state index < -0.39 is 24.5 Å². The number of carbonyl (C=O) groups is 3. The zero-order valence-electron chi connectivity index (χ0n) is 16.9. The highest BCUT2D eigenvalue weighted by Crippen LogP contribution is 2.36. The number of anilines is 1. The lowest BCUT2D eigenvalue weighted by atomic mass is 10.0. The Kier molecular flexibility index (Phi) is 7.44. The number of halogens is 1. The van der Waals surface area contributed by atoms with Crippen LogP contribution in [0.25, 0.3) is 11.1 Å². The molecule has 3 aromatic rings. The van der Waals surface area contributed by atoms with Crippen LogP contribution in [0, 0.1) is 6.92 Å². The fraction of sp³-hybridized carbons (Fsp3) is 0.174. The van der Waals surface area contributed by atoms with Crippen LogP contribution in [-0.2, 0) is 14.3 Å². The van der Waals surface area contributed by atoms with Gasteiger partial charge in [0.15, 0.2) is 6.61 Å². The van der Waals surface area contributed by atoms with E-state index in [1.165, 1.54) is 11.3 Å². The van der Waals surface area contributed by atoms with Crippen LogP contribution < -0.4 is 5.32 Å². The Balaban J connectivity index is 1.75. The van der Waals surface area contributed by atoms with Gasteiger partial charge in [0.05, 0.1) is 12.2 Å². The molecule has 1 amide bonds. The minimum Gasteiger partial charge on any atom is -0.462 e. The summed E-state index contributed by atoms with van der Waals surface area (Å²) in [7, 11) is 0. The van der Waals surface area contributed by atoms with E-state index in [1.807, 2.05) is 13.0 Å². The van der Waals surface area contributed by atoms with Gasteiger partial charge in [-0.25, -0.2) is 9.59 Å². The summed E-state index contributed by atoms with van der Waals surface area (Å²) in [5.41, 5.74) is 2.89. The summed E-state index contributed by atoms with van der Waals surface area (Å²) in [5, 5.41) is 5.29. The third-order valence-corrected chi connectivity index (χ3v) is 5.41. The van der Waals surface area contributed by atoms with Gasteiger partial charge in [0.25, 0.3) is 5.91 Å². The molecular weight excluding hydrogens is 438 g/mol. The molecule has 0 aliphatic carbocycles. The zero-order chi connectivity index (χ0) is 22.4. The van der Waals surface area contributed by atoms with E-state index in [2.05, 4.69) is 5.32 Å². The molecule has 2 aromatic carbocycles. The van der Waals surface area contributed by atoms with Gasteiger partial charge in [-0.05, 0) is 43.7 Å². The van der Waals surface area contributed by atoms with Crippen LogP contribution in [0.15, 0.2) is 53.9 Å². The van der Waals surface area contributed by atoms with Crippen molar-refractivity contribution in [3.05, 3.63) is 75.6 Å². The molecule has 0 bridgehead atoms. The molecular formula is C23H20ClNO5S. The molecule has 1 heterocycles. The van der Waals surface area contributed by atoms with E-state index in [1.54, 1.807) is 54.8 Å². The molecule has 6 nitrogen and oxygen atoms in total. The molecule has 0 aliphatic heterocycles. The van der Waals surface area contributed by atoms with Crippen molar-refractivity contribution in [1.82, 2.24) is 0 Å². The van der Waals surface area contributed by atoms with Crippen molar-refractivity contribution < 1.29 is 23.9 Å². The number of thiophene rings is 1. The van der Waals surface area contributed by atoms with Crippen molar-refractivity contribution in [2.24, 2.45) is 0 Å². The molecule has 0 unspecified atom stereocenters. The molecule has 31 heavy (non-hydrogen) atoms. The number of esters is 2. The van der Waals surface area contributed by atoms with E-state index in [4.69, 9.17) is 21.1 Å². The number of rotatable bonds is 7. The quantitative estimate of drug-likeness (QED) is 0.483. The van der Waals surface area contributed by atoms with Crippen molar-refractivity contribution in [2.75, 3.05) is 18.5 Å². The second kappa shape index (κ2) is 10.2. The monoisotopic (exact) mass is 457 g/mol. The molecule has 1 aromatic heterocycles. The van der Waals surface area contributed by atoms with Gasteiger partial charge in [0.2, 0.25) is 0 Å². The summed E-state index contributed by atoms with van der Waals surface area (Å²) < 4.78 is 10.3. The van der Waals surface area contributed by atoms with Crippen LogP contribution in [0.4, 0.5) is 5.00 Å². The number of amides is 1. The van der Waals surface area contributed by atoms with Gasteiger partial charge in [-0.1, -0.05) is 41.4 Å². The normalized spacial score (nSPS) is 10.4. The average molecular weight is 458 g/mol. The maximum atomic E-state index is 12.6. The first-order valence-electron chi connectivity index (χ1n) is 9.47. The number of ether oxygens (including phenoxy) is 2. The van der Waals surface area contributed by atoms with Crippen molar-refractivity contribution in [2.45, 2.75) is 13.8 Å². The van der Waals surface area contributed by atoms with Gasteiger partial charge >= 0.3 is 11.9 Å². The Morgan fingerprint density at radius 1 is 1.03 bits per heavy atom. The highest BCUT2D eigenvalue weighted by atomic mass is 35.5. The van der Waals surface area contributed by atoms with E-state index >= 15 is 0 Å². The van der Waals surface area contributed by atoms with Crippen molar-refractivity contribution in [3.8, 4) is 11.1 Å². The molecule has 160 valence electrons. The average Bonchev–Trinajstić information content (AvgIpc) is 3.16. The molecule has 0 atom stereocenters. The Morgan fingerprint density at radius 3 is 2.45 bits per heavy atom. The van der Waals surface area contributed by atoms with Crippen LogP contribution in [0.1, 0.15) is 33.2 Å². The number of carbonyl (C=O) groups excluding carboxylic acids is 3. The van der Waals surface area contributed by atoms with Gasteiger partial charge < -0.3 is 14.8 Å². The molecule has 0 saturated heterocycles. The Morgan fingerprint density at radius 2 is 1.77 bits per heavy atom. The van der Waals surface area contributed by atoms with Crippen LogP contribution in [-0.4, -0.2) is 31.1 Å². The highest BCUT2D eigenvalue weighted by Gasteiger charge is 2.23. The third-order valence-electron chi connectivity index (χ3n) is 4.27. The molecule has 8 heteroatoms. The lowest BCUT2D eigenvalue weighted by Gasteiger charge is -2.09. The molecule has 0 aliphatic rings. The molecule has 0 fully saturated rings. The van der Waals surface area contributed by atoms with Crippen LogP contribution in [0.3, 0.4) is 0 Å². The number of hydrogen-bond acceptors (Lipinski definition) is 6. The molecule has 1 N–H and O–H groups in total. The van der Waals surface area contributed by atoms with E-state index in [-0.39, 0.29) is 12.2 Å². The summed E-state index contributed by atoms with van der Waals surface area (Å²) in [4.78, 5) is 37.1. The van der Waals surface area contributed by atoms with Gasteiger partial charge in [-0.2, -0.15) is 0 Å². The SMILES string of the molecule is CCOC(=O)c1c(-c2ccc(Cl)cc2)csc1NC(=O)COC(=O)c1cccc(C)c1. The van der Waals surface area contributed by atoms with E-state index in [0.29, 0.717) is 21.2 Å². The molecule has 3 rings (SSSR count).